The van der Waals surface area contributed by atoms with Gasteiger partial charge in [-0.25, -0.2) is 4.99 Å². The second-order valence-corrected chi connectivity index (χ2v) is 5.55. The van der Waals surface area contributed by atoms with Gasteiger partial charge in [-0.3, -0.25) is 10.3 Å². The summed E-state index contributed by atoms with van der Waals surface area (Å²) in [5.74, 6) is 0.976. The van der Waals surface area contributed by atoms with E-state index >= 15 is 0 Å². The third kappa shape index (κ3) is 2.15. The Kier molecular flexibility index (Phi) is 3.08. The summed E-state index contributed by atoms with van der Waals surface area (Å²) < 4.78 is 0. The molecule has 1 N–H and O–H groups in total. The highest BCUT2D eigenvalue weighted by Crippen LogP contribution is 2.46. The number of hydroxylamine groups is 1. The summed E-state index contributed by atoms with van der Waals surface area (Å²) in [6, 6.07) is 8.49. The van der Waals surface area contributed by atoms with Crippen LogP contribution in [0.5, 0.6) is 0 Å². The first-order valence-corrected chi connectivity index (χ1v) is 6.76. The predicted octanol–water partition coefficient (Wildman–Crippen LogP) is 3.37. The highest BCUT2D eigenvalue weighted by Gasteiger charge is 2.37. The van der Waals surface area contributed by atoms with E-state index in [4.69, 9.17) is 9.83 Å². The first-order valence-electron chi connectivity index (χ1n) is 6.76. The van der Waals surface area contributed by atoms with Crippen LogP contribution in [0.2, 0.25) is 0 Å². The van der Waals surface area contributed by atoms with Gasteiger partial charge >= 0.3 is 0 Å². The molecule has 3 nitrogen and oxygen atoms in total. The summed E-state index contributed by atoms with van der Waals surface area (Å²) in [5.41, 5.74) is 5.85. The molecule has 1 saturated carbocycles. The lowest BCUT2D eigenvalue weighted by molar-refractivity contribution is 0.138. The van der Waals surface area contributed by atoms with Crippen LogP contribution in [0.25, 0.3) is 0 Å². The third-order valence-electron chi connectivity index (χ3n) is 4.24. The Morgan fingerprint density at radius 3 is 2.72 bits per heavy atom. The van der Waals surface area contributed by atoms with Gasteiger partial charge in [0.25, 0.3) is 0 Å². The second-order valence-electron chi connectivity index (χ2n) is 5.55. The van der Waals surface area contributed by atoms with Crippen LogP contribution in [0, 0.1) is 5.41 Å². The number of nitrogens with zero attached hydrogens (tertiary/aromatic N) is 1. The predicted molar refractivity (Wildman–Crippen MR) is 72.9 cm³/mol. The highest BCUT2D eigenvalue weighted by atomic mass is 16.6. The van der Waals surface area contributed by atoms with Gasteiger partial charge in [0.1, 0.15) is 5.84 Å². The van der Waals surface area contributed by atoms with E-state index in [-0.39, 0.29) is 0 Å². The summed E-state index contributed by atoms with van der Waals surface area (Å²) in [6.45, 7) is 0. The van der Waals surface area contributed by atoms with Gasteiger partial charge in [-0.2, -0.15) is 0 Å². The summed E-state index contributed by atoms with van der Waals surface area (Å²) in [5, 5.41) is 0. The van der Waals surface area contributed by atoms with Crippen molar-refractivity contribution in [3.63, 3.8) is 0 Å². The molecular formula is C15H20N2O. The SMILES string of the molecule is CONC1=Nc2ccccc2CC2(CCCC2)C1. The Balaban J connectivity index is 1.99. The van der Waals surface area contributed by atoms with E-state index in [0.717, 1.165) is 24.4 Å². The fourth-order valence-corrected chi connectivity index (χ4v) is 3.43. The zero-order valence-corrected chi connectivity index (χ0v) is 10.9. The quantitative estimate of drug-likeness (QED) is 0.768. The fourth-order valence-electron chi connectivity index (χ4n) is 3.43. The Bertz CT molecular complexity index is 461. The summed E-state index contributed by atoms with van der Waals surface area (Å²) in [7, 11) is 1.65. The number of hydrogen-bond donors (Lipinski definition) is 1. The molecule has 0 bridgehead atoms. The van der Waals surface area contributed by atoms with Crippen LogP contribution < -0.4 is 5.48 Å². The lowest BCUT2D eigenvalue weighted by Gasteiger charge is -2.28. The van der Waals surface area contributed by atoms with Gasteiger partial charge in [-0.05, 0) is 36.3 Å². The Morgan fingerprint density at radius 2 is 1.94 bits per heavy atom. The van der Waals surface area contributed by atoms with Gasteiger partial charge in [-0.15, -0.1) is 0 Å². The van der Waals surface area contributed by atoms with Crippen molar-refractivity contribution in [2.45, 2.75) is 38.5 Å². The van der Waals surface area contributed by atoms with Crippen LogP contribution in [0.15, 0.2) is 29.3 Å². The number of aliphatic imine (C=N–C) groups is 1. The van der Waals surface area contributed by atoms with E-state index in [0.29, 0.717) is 5.41 Å². The molecule has 0 atom stereocenters. The summed E-state index contributed by atoms with van der Waals surface area (Å²) in [4.78, 5) is 9.80. The minimum absolute atomic E-state index is 0.400. The van der Waals surface area contributed by atoms with Gasteiger partial charge in [0.2, 0.25) is 0 Å². The molecule has 0 saturated heterocycles. The van der Waals surface area contributed by atoms with Gasteiger partial charge in [0.15, 0.2) is 0 Å². The van der Waals surface area contributed by atoms with E-state index in [1.807, 2.05) is 0 Å². The molecule has 96 valence electrons. The minimum atomic E-state index is 0.400. The van der Waals surface area contributed by atoms with Gasteiger partial charge in [-0.1, -0.05) is 31.0 Å². The lowest BCUT2D eigenvalue weighted by atomic mass is 9.77. The van der Waals surface area contributed by atoms with E-state index in [1.165, 1.54) is 31.2 Å². The van der Waals surface area contributed by atoms with Crippen LogP contribution in [0.1, 0.15) is 37.7 Å². The molecule has 1 aliphatic carbocycles. The van der Waals surface area contributed by atoms with Crippen molar-refractivity contribution in [1.29, 1.82) is 0 Å². The minimum Gasteiger partial charge on any atom is -0.278 e. The first kappa shape index (κ1) is 11.7. The number of hydrogen-bond acceptors (Lipinski definition) is 3. The zero-order chi connectivity index (χ0) is 12.4. The van der Waals surface area contributed by atoms with E-state index in [1.54, 1.807) is 7.11 Å². The number of nitrogens with one attached hydrogen (secondary N) is 1. The maximum atomic E-state index is 5.07. The molecule has 1 aromatic carbocycles. The number of rotatable bonds is 1. The maximum Gasteiger partial charge on any atom is 0.127 e. The van der Waals surface area contributed by atoms with E-state index in [9.17, 15) is 0 Å². The van der Waals surface area contributed by atoms with Crippen molar-refractivity contribution in [2.75, 3.05) is 7.11 Å². The Labute approximate surface area is 108 Å². The van der Waals surface area contributed by atoms with Gasteiger partial charge in [0, 0.05) is 6.42 Å². The molecule has 2 aliphatic rings. The molecule has 18 heavy (non-hydrogen) atoms. The van der Waals surface area contributed by atoms with Crippen LogP contribution in [-0.2, 0) is 11.3 Å². The van der Waals surface area contributed by atoms with Crippen LogP contribution in [0.4, 0.5) is 5.69 Å². The van der Waals surface area contributed by atoms with Crippen molar-refractivity contribution in [3.8, 4) is 0 Å². The summed E-state index contributed by atoms with van der Waals surface area (Å²) in [6.07, 6.45) is 7.49. The molecule has 0 amide bonds. The van der Waals surface area contributed by atoms with Crippen molar-refractivity contribution in [3.05, 3.63) is 29.8 Å². The molecule has 0 aromatic heterocycles. The van der Waals surface area contributed by atoms with Crippen LogP contribution >= 0.6 is 0 Å². The largest absolute Gasteiger partial charge is 0.278 e. The molecule has 1 fully saturated rings. The number of fused-ring (bicyclic) bond motifs is 1. The Hall–Kier alpha value is -1.35. The number of amidine groups is 1. The molecule has 1 spiro atoms. The average Bonchev–Trinajstić information content (AvgIpc) is 2.73. The summed E-state index contributed by atoms with van der Waals surface area (Å²) >= 11 is 0. The van der Waals surface area contributed by atoms with Crippen molar-refractivity contribution >= 4 is 11.5 Å². The fraction of sp³-hybridized carbons (Fsp3) is 0.533. The maximum absolute atomic E-state index is 5.07. The standard InChI is InChI=1S/C15H20N2O/c1-18-17-14-11-15(8-4-5-9-15)10-12-6-2-3-7-13(12)16-14/h2-3,6-7H,4-5,8-11H2,1H3,(H,16,17). The van der Waals surface area contributed by atoms with Crippen LogP contribution in [0.3, 0.4) is 0 Å². The normalized spacial score (nSPS) is 21.3. The van der Waals surface area contributed by atoms with Crippen LogP contribution in [-0.4, -0.2) is 12.9 Å². The van der Waals surface area contributed by atoms with E-state index < -0.39 is 0 Å². The molecule has 0 unspecified atom stereocenters. The molecule has 3 rings (SSSR count). The smallest absolute Gasteiger partial charge is 0.127 e. The highest BCUT2D eigenvalue weighted by molar-refractivity contribution is 5.85. The second kappa shape index (κ2) is 4.73. The lowest BCUT2D eigenvalue weighted by Crippen LogP contribution is -2.30. The molecule has 1 aromatic rings. The first-order chi connectivity index (χ1) is 8.81. The number of para-hydroxylation sites is 1. The van der Waals surface area contributed by atoms with Crippen molar-refractivity contribution < 1.29 is 4.84 Å². The van der Waals surface area contributed by atoms with Gasteiger partial charge < -0.3 is 0 Å². The topological polar surface area (TPSA) is 33.6 Å². The third-order valence-corrected chi connectivity index (χ3v) is 4.24. The average molecular weight is 244 g/mol. The zero-order valence-electron chi connectivity index (χ0n) is 10.9. The molecule has 0 radical (unpaired) electrons. The Morgan fingerprint density at radius 1 is 1.17 bits per heavy atom. The van der Waals surface area contributed by atoms with Crippen molar-refractivity contribution in [1.82, 2.24) is 5.48 Å². The van der Waals surface area contributed by atoms with Gasteiger partial charge in [0.05, 0.1) is 12.8 Å². The van der Waals surface area contributed by atoms with E-state index in [2.05, 4.69) is 29.7 Å². The molecule has 3 heteroatoms. The molecule has 1 heterocycles. The van der Waals surface area contributed by atoms with Crippen molar-refractivity contribution in [2.24, 2.45) is 10.4 Å². The number of benzene rings is 1. The molecular weight excluding hydrogens is 224 g/mol. The monoisotopic (exact) mass is 244 g/mol. The molecule has 1 aliphatic heterocycles.